The quantitative estimate of drug-likeness (QED) is 0.460. The molecule has 0 aromatic heterocycles. The summed E-state index contributed by atoms with van der Waals surface area (Å²) in [7, 11) is 0. The monoisotopic (exact) mass is 160 g/mol. The number of allylic oxidation sites excluding steroid dienone is 1. The molecule has 0 aliphatic rings. The first-order valence-corrected chi connectivity index (χ1v) is 3.24. The summed E-state index contributed by atoms with van der Waals surface area (Å²) in [5.74, 6) is -0.660. The normalized spacial score (nSPS) is 12.3. The van der Waals surface area contributed by atoms with Gasteiger partial charge in [-0.15, -0.1) is 0 Å². The molecule has 0 amide bonds. The third-order valence-electron chi connectivity index (χ3n) is 1.26. The van der Waals surface area contributed by atoms with Crippen LogP contribution >= 0.6 is 0 Å². The van der Waals surface area contributed by atoms with E-state index < -0.39 is 5.97 Å². The molecule has 0 atom stereocenters. The molecule has 11 heavy (non-hydrogen) atoms. The van der Waals surface area contributed by atoms with Crippen molar-refractivity contribution in [2.24, 2.45) is 0 Å². The number of aliphatic hydroxyl groups is 1. The van der Waals surface area contributed by atoms with Gasteiger partial charge in [0.05, 0.1) is 12.2 Å². The molecule has 0 rings (SSSR count). The van der Waals surface area contributed by atoms with Gasteiger partial charge in [0.25, 0.3) is 0 Å². The third-order valence-corrected chi connectivity index (χ3v) is 1.26. The minimum atomic E-state index is -1.000. The second kappa shape index (κ2) is 4.73. The Morgan fingerprint density at radius 2 is 2.00 bits per heavy atom. The molecule has 0 fully saturated rings. The molecular formula is C7H12O4. The zero-order chi connectivity index (χ0) is 8.85. The third kappa shape index (κ3) is 3.62. The van der Waals surface area contributed by atoms with Gasteiger partial charge in [0.15, 0.2) is 0 Å². The van der Waals surface area contributed by atoms with E-state index in [-0.39, 0.29) is 18.8 Å². The van der Waals surface area contributed by atoms with Crippen molar-refractivity contribution in [3.63, 3.8) is 0 Å². The average molecular weight is 160 g/mol. The van der Waals surface area contributed by atoms with Crippen LogP contribution in [0.5, 0.6) is 0 Å². The van der Waals surface area contributed by atoms with Gasteiger partial charge in [-0.3, -0.25) is 0 Å². The maximum Gasteiger partial charge on any atom is 0.334 e. The molecule has 0 aliphatic carbocycles. The Balaban J connectivity index is 4.05. The molecule has 0 heterocycles. The van der Waals surface area contributed by atoms with Crippen molar-refractivity contribution in [1.29, 1.82) is 0 Å². The number of carbonyl (C=O) groups is 1. The summed E-state index contributed by atoms with van der Waals surface area (Å²) in [6, 6.07) is 0. The fourth-order valence-electron chi connectivity index (χ4n) is 0.458. The summed E-state index contributed by atoms with van der Waals surface area (Å²) in [5, 5.41) is 16.8. The summed E-state index contributed by atoms with van der Waals surface area (Å²) >= 11 is 0. The molecular weight excluding hydrogens is 148 g/mol. The number of ether oxygens (including phenoxy) is 1. The van der Waals surface area contributed by atoms with E-state index in [0.717, 1.165) is 0 Å². The number of hydrogen-bond acceptors (Lipinski definition) is 3. The van der Waals surface area contributed by atoms with Crippen LogP contribution in [0.15, 0.2) is 11.3 Å². The first kappa shape index (κ1) is 9.97. The Morgan fingerprint density at radius 3 is 2.36 bits per heavy atom. The predicted molar refractivity (Wildman–Crippen MR) is 39.0 cm³/mol. The lowest BCUT2D eigenvalue weighted by atomic mass is 10.3. The first-order valence-electron chi connectivity index (χ1n) is 3.24. The molecule has 0 spiro atoms. The SMILES string of the molecule is CC(OCCO)=C(C)C(=O)O. The van der Waals surface area contributed by atoms with Crippen LogP contribution in [-0.2, 0) is 9.53 Å². The van der Waals surface area contributed by atoms with E-state index in [2.05, 4.69) is 0 Å². The largest absolute Gasteiger partial charge is 0.495 e. The average Bonchev–Trinajstić information content (AvgIpc) is 1.98. The van der Waals surface area contributed by atoms with Crippen molar-refractivity contribution in [1.82, 2.24) is 0 Å². The zero-order valence-corrected chi connectivity index (χ0v) is 6.63. The van der Waals surface area contributed by atoms with Crippen LogP contribution in [0, 0.1) is 0 Å². The van der Waals surface area contributed by atoms with Crippen LogP contribution in [0.3, 0.4) is 0 Å². The smallest absolute Gasteiger partial charge is 0.334 e. The highest BCUT2D eigenvalue weighted by molar-refractivity contribution is 5.86. The Hall–Kier alpha value is -1.03. The van der Waals surface area contributed by atoms with Gasteiger partial charge in [-0.25, -0.2) is 4.79 Å². The van der Waals surface area contributed by atoms with Gasteiger partial charge in [0.1, 0.15) is 12.4 Å². The van der Waals surface area contributed by atoms with Gasteiger partial charge in [-0.2, -0.15) is 0 Å². The van der Waals surface area contributed by atoms with Crippen molar-refractivity contribution < 1.29 is 19.7 Å². The first-order chi connectivity index (χ1) is 5.09. The molecule has 0 bridgehead atoms. The molecule has 0 aromatic carbocycles. The number of aliphatic carboxylic acids is 1. The lowest BCUT2D eigenvalue weighted by molar-refractivity contribution is -0.132. The molecule has 0 saturated heterocycles. The maximum absolute atomic E-state index is 10.3. The van der Waals surface area contributed by atoms with Gasteiger partial charge >= 0.3 is 5.97 Å². The fourth-order valence-corrected chi connectivity index (χ4v) is 0.458. The van der Waals surface area contributed by atoms with E-state index in [9.17, 15) is 4.79 Å². The van der Waals surface area contributed by atoms with Crippen LogP contribution in [0.1, 0.15) is 13.8 Å². The van der Waals surface area contributed by atoms with Crippen molar-refractivity contribution in [3.05, 3.63) is 11.3 Å². The molecule has 64 valence electrons. The molecule has 4 nitrogen and oxygen atoms in total. The highest BCUT2D eigenvalue weighted by Crippen LogP contribution is 2.03. The van der Waals surface area contributed by atoms with Crippen molar-refractivity contribution in [2.45, 2.75) is 13.8 Å². The Labute approximate surface area is 65.1 Å². The lowest BCUT2D eigenvalue weighted by Gasteiger charge is -2.05. The van der Waals surface area contributed by atoms with E-state index in [1.807, 2.05) is 0 Å². The molecule has 0 radical (unpaired) electrons. The van der Waals surface area contributed by atoms with Crippen molar-refractivity contribution in [3.8, 4) is 0 Å². The lowest BCUT2D eigenvalue weighted by Crippen LogP contribution is -2.04. The second-order valence-corrected chi connectivity index (χ2v) is 2.06. The van der Waals surface area contributed by atoms with Gasteiger partial charge in [0.2, 0.25) is 0 Å². The summed E-state index contributed by atoms with van der Waals surface area (Å²) < 4.78 is 4.86. The van der Waals surface area contributed by atoms with Gasteiger partial charge in [0, 0.05) is 0 Å². The van der Waals surface area contributed by atoms with Gasteiger partial charge in [-0.1, -0.05) is 0 Å². The Morgan fingerprint density at radius 1 is 1.45 bits per heavy atom. The van der Waals surface area contributed by atoms with Gasteiger partial charge in [-0.05, 0) is 13.8 Å². The van der Waals surface area contributed by atoms with E-state index in [0.29, 0.717) is 5.76 Å². The van der Waals surface area contributed by atoms with Crippen LogP contribution in [0.25, 0.3) is 0 Å². The highest BCUT2D eigenvalue weighted by atomic mass is 16.5. The van der Waals surface area contributed by atoms with Crippen LogP contribution in [-0.4, -0.2) is 29.4 Å². The maximum atomic E-state index is 10.3. The minimum absolute atomic E-state index is 0.107. The van der Waals surface area contributed by atoms with Gasteiger partial charge < -0.3 is 14.9 Å². The Kier molecular flexibility index (Phi) is 4.29. The summed E-state index contributed by atoms with van der Waals surface area (Å²) in [5.41, 5.74) is 0.165. The van der Waals surface area contributed by atoms with E-state index in [1.54, 1.807) is 6.92 Å². The zero-order valence-electron chi connectivity index (χ0n) is 6.63. The molecule has 4 heteroatoms. The topological polar surface area (TPSA) is 66.8 Å². The van der Waals surface area contributed by atoms with Crippen LogP contribution in [0.2, 0.25) is 0 Å². The summed E-state index contributed by atoms with van der Waals surface area (Å²) in [6.07, 6.45) is 0. The summed E-state index contributed by atoms with van der Waals surface area (Å²) in [4.78, 5) is 10.3. The number of rotatable bonds is 4. The molecule has 2 N–H and O–H groups in total. The number of hydrogen-bond donors (Lipinski definition) is 2. The van der Waals surface area contributed by atoms with Crippen LogP contribution < -0.4 is 0 Å². The summed E-state index contributed by atoms with van der Waals surface area (Å²) in [6.45, 7) is 3.04. The standard InChI is InChI=1S/C7H12O4/c1-5(7(9)10)6(2)11-4-3-8/h8H,3-4H2,1-2H3,(H,9,10). The second-order valence-electron chi connectivity index (χ2n) is 2.06. The van der Waals surface area contributed by atoms with E-state index >= 15 is 0 Å². The molecule has 0 aliphatic heterocycles. The van der Waals surface area contributed by atoms with Crippen LogP contribution in [0.4, 0.5) is 0 Å². The molecule has 0 aromatic rings. The predicted octanol–water partition coefficient (Wildman–Crippen LogP) is 0.374. The van der Waals surface area contributed by atoms with E-state index in [4.69, 9.17) is 14.9 Å². The molecule has 0 unspecified atom stereocenters. The number of carboxylic acid groups (broad SMARTS) is 1. The molecule has 0 saturated carbocycles. The fraction of sp³-hybridized carbons (Fsp3) is 0.571. The highest BCUT2D eigenvalue weighted by Gasteiger charge is 2.05. The van der Waals surface area contributed by atoms with Crippen molar-refractivity contribution >= 4 is 5.97 Å². The van der Waals surface area contributed by atoms with E-state index in [1.165, 1.54) is 6.92 Å². The minimum Gasteiger partial charge on any atom is -0.495 e. The number of carboxylic acids is 1. The van der Waals surface area contributed by atoms with Crippen molar-refractivity contribution in [2.75, 3.05) is 13.2 Å². The Bertz CT molecular complexity index is 171. The number of aliphatic hydroxyl groups excluding tert-OH is 1.